The van der Waals surface area contributed by atoms with Crippen LogP contribution >= 0.6 is 0 Å². The molecule has 15 heavy (non-hydrogen) atoms. The fourth-order valence-electron chi connectivity index (χ4n) is 2.17. The highest BCUT2D eigenvalue weighted by atomic mass is 16.5. The van der Waals surface area contributed by atoms with Gasteiger partial charge in [0.1, 0.15) is 0 Å². The van der Waals surface area contributed by atoms with Gasteiger partial charge in [-0.2, -0.15) is 0 Å². The standard InChI is InChI=1S/C12H18N2O/c1-9-3-5-14-11(7-9)12(13-2)10-4-6-15-8-10/h3,5,7,10,12-13H,4,6,8H2,1-2H3. The van der Waals surface area contributed by atoms with Gasteiger partial charge in [0.05, 0.1) is 18.3 Å². The number of pyridine rings is 1. The zero-order valence-electron chi connectivity index (χ0n) is 9.36. The first-order valence-electron chi connectivity index (χ1n) is 5.49. The van der Waals surface area contributed by atoms with E-state index >= 15 is 0 Å². The molecule has 0 radical (unpaired) electrons. The topological polar surface area (TPSA) is 34.2 Å². The molecule has 82 valence electrons. The van der Waals surface area contributed by atoms with Crippen LogP contribution in [0.2, 0.25) is 0 Å². The maximum absolute atomic E-state index is 5.42. The summed E-state index contributed by atoms with van der Waals surface area (Å²) in [6, 6.07) is 4.51. The zero-order chi connectivity index (χ0) is 10.7. The van der Waals surface area contributed by atoms with Gasteiger partial charge in [-0.3, -0.25) is 4.98 Å². The third-order valence-corrected chi connectivity index (χ3v) is 3.00. The van der Waals surface area contributed by atoms with Gasteiger partial charge in [0, 0.05) is 18.7 Å². The van der Waals surface area contributed by atoms with Gasteiger partial charge in [0.15, 0.2) is 0 Å². The Morgan fingerprint density at radius 2 is 2.47 bits per heavy atom. The van der Waals surface area contributed by atoms with E-state index < -0.39 is 0 Å². The molecule has 3 heteroatoms. The molecule has 1 saturated heterocycles. The van der Waals surface area contributed by atoms with Crippen molar-refractivity contribution in [3.8, 4) is 0 Å². The average molecular weight is 206 g/mol. The minimum absolute atomic E-state index is 0.326. The molecular weight excluding hydrogens is 188 g/mol. The van der Waals surface area contributed by atoms with Crippen molar-refractivity contribution < 1.29 is 4.74 Å². The number of hydrogen-bond acceptors (Lipinski definition) is 3. The maximum atomic E-state index is 5.42. The predicted molar refractivity (Wildman–Crippen MR) is 59.7 cm³/mol. The van der Waals surface area contributed by atoms with Crippen molar-refractivity contribution in [2.24, 2.45) is 5.92 Å². The van der Waals surface area contributed by atoms with Crippen LogP contribution in [-0.4, -0.2) is 25.2 Å². The van der Waals surface area contributed by atoms with Gasteiger partial charge in [-0.05, 0) is 38.1 Å². The molecule has 2 unspecified atom stereocenters. The summed E-state index contributed by atoms with van der Waals surface area (Å²) in [4.78, 5) is 4.44. The van der Waals surface area contributed by atoms with Crippen LogP contribution in [0.5, 0.6) is 0 Å². The van der Waals surface area contributed by atoms with Crippen molar-refractivity contribution in [1.29, 1.82) is 0 Å². The molecule has 3 nitrogen and oxygen atoms in total. The Morgan fingerprint density at radius 3 is 3.07 bits per heavy atom. The minimum Gasteiger partial charge on any atom is -0.381 e. The number of nitrogens with zero attached hydrogens (tertiary/aromatic N) is 1. The third-order valence-electron chi connectivity index (χ3n) is 3.00. The lowest BCUT2D eigenvalue weighted by Gasteiger charge is -2.21. The van der Waals surface area contributed by atoms with E-state index in [0.717, 1.165) is 25.3 Å². The molecule has 1 N–H and O–H groups in total. The molecule has 0 amide bonds. The van der Waals surface area contributed by atoms with E-state index in [2.05, 4.69) is 23.3 Å². The summed E-state index contributed by atoms with van der Waals surface area (Å²) in [7, 11) is 1.99. The summed E-state index contributed by atoms with van der Waals surface area (Å²) in [5, 5.41) is 3.34. The lowest BCUT2D eigenvalue weighted by molar-refractivity contribution is 0.177. The first kappa shape index (κ1) is 10.6. The van der Waals surface area contributed by atoms with E-state index in [4.69, 9.17) is 4.74 Å². The fourth-order valence-corrected chi connectivity index (χ4v) is 2.17. The van der Waals surface area contributed by atoms with Crippen LogP contribution in [0, 0.1) is 12.8 Å². The van der Waals surface area contributed by atoms with Gasteiger partial charge in [-0.15, -0.1) is 0 Å². The predicted octanol–water partition coefficient (Wildman–Crippen LogP) is 1.69. The van der Waals surface area contributed by atoms with Gasteiger partial charge < -0.3 is 10.1 Å². The minimum atomic E-state index is 0.326. The number of rotatable bonds is 3. The van der Waals surface area contributed by atoms with Crippen molar-refractivity contribution >= 4 is 0 Å². The molecule has 1 fully saturated rings. The second kappa shape index (κ2) is 4.73. The SMILES string of the molecule is CNC(c1cc(C)ccn1)C1CCOC1. The monoisotopic (exact) mass is 206 g/mol. The highest BCUT2D eigenvalue weighted by molar-refractivity contribution is 5.18. The van der Waals surface area contributed by atoms with Gasteiger partial charge >= 0.3 is 0 Å². The summed E-state index contributed by atoms with van der Waals surface area (Å²) in [5.41, 5.74) is 2.40. The Balaban J connectivity index is 2.18. The molecule has 0 aliphatic carbocycles. The second-order valence-electron chi connectivity index (χ2n) is 4.15. The molecule has 1 aliphatic heterocycles. The van der Waals surface area contributed by atoms with Crippen molar-refractivity contribution in [3.05, 3.63) is 29.6 Å². The van der Waals surface area contributed by atoms with Crippen molar-refractivity contribution in [1.82, 2.24) is 10.3 Å². The zero-order valence-corrected chi connectivity index (χ0v) is 9.36. The molecule has 2 rings (SSSR count). The lowest BCUT2D eigenvalue weighted by Crippen LogP contribution is -2.26. The Morgan fingerprint density at radius 1 is 1.60 bits per heavy atom. The summed E-state index contributed by atoms with van der Waals surface area (Å²) in [6.45, 7) is 3.83. The highest BCUT2D eigenvalue weighted by Gasteiger charge is 2.26. The van der Waals surface area contributed by atoms with Gasteiger partial charge in [-0.25, -0.2) is 0 Å². The van der Waals surface area contributed by atoms with E-state index in [9.17, 15) is 0 Å². The molecule has 1 aromatic rings. The quantitative estimate of drug-likeness (QED) is 0.817. The fraction of sp³-hybridized carbons (Fsp3) is 0.583. The van der Waals surface area contributed by atoms with Crippen LogP contribution in [0.25, 0.3) is 0 Å². The number of aromatic nitrogens is 1. The maximum Gasteiger partial charge on any atom is 0.0579 e. The van der Waals surface area contributed by atoms with Crippen molar-refractivity contribution in [2.75, 3.05) is 20.3 Å². The van der Waals surface area contributed by atoms with Crippen molar-refractivity contribution in [3.63, 3.8) is 0 Å². The van der Waals surface area contributed by atoms with Crippen LogP contribution in [0.1, 0.15) is 23.7 Å². The number of aryl methyl sites for hydroxylation is 1. The molecule has 1 aliphatic rings. The van der Waals surface area contributed by atoms with E-state index in [1.54, 1.807) is 0 Å². The summed E-state index contributed by atoms with van der Waals surface area (Å²) >= 11 is 0. The van der Waals surface area contributed by atoms with Crippen LogP contribution in [0.4, 0.5) is 0 Å². The normalized spacial score (nSPS) is 22.9. The van der Waals surface area contributed by atoms with Gasteiger partial charge in [0.2, 0.25) is 0 Å². The Hall–Kier alpha value is -0.930. The third kappa shape index (κ3) is 2.36. The lowest BCUT2D eigenvalue weighted by atomic mass is 9.95. The van der Waals surface area contributed by atoms with E-state index in [1.165, 1.54) is 5.56 Å². The van der Waals surface area contributed by atoms with Crippen LogP contribution in [0.15, 0.2) is 18.3 Å². The summed E-state index contributed by atoms with van der Waals surface area (Å²) in [6.07, 6.45) is 3.01. The van der Waals surface area contributed by atoms with E-state index in [1.807, 2.05) is 19.3 Å². The smallest absolute Gasteiger partial charge is 0.0579 e. The number of nitrogens with one attached hydrogen (secondary N) is 1. The Labute approximate surface area is 90.9 Å². The second-order valence-corrected chi connectivity index (χ2v) is 4.15. The Bertz CT molecular complexity index is 321. The molecular formula is C12H18N2O. The summed E-state index contributed by atoms with van der Waals surface area (Å²) < 4.78 is 5.42. The molecule has 1 aromatic heterocycles. The molecule has 2 atom stereocenters. The van der Waals surface area contributed by atoms with Crippen molar-refractivity contribution in [2.45, 2.75) is 19.4 Å². The molecule has 0 bridgehead atoms. The highest BCUT2D eigenvalue weighted by Crippen LogP contribution is 2.27. The first-order chi connectivity index (χ1) is 7.31. The molecule has 0 aromatic carbocycles. The van der Waals surface area contributed by atoms with E-state index in [-0.39, 0.29) is 0 Å². The first-order valence-corrected chi connectivity index (χ1v) is 5.49. The molecule has 0 spiro atoms. The largest absolute Gasteiger partial charge is 0.381 e. The Kier molecular flexibility index (Phi) is 3.34. The van der Waals surface area contributed by atoms with Gasteiger partial charge in [0.25, 0.3) is 0 Å². The summed E-state index contributed by atoms with van der Waals surface area (Å²) in [5.74, 6) is 0.560. The number of hydrogen-bond donors (Lipinski definition) is 1. The number of ether oxygens (including phenoxy) is 1. The molecule has 2 heterocycles. The van der Waals surface area contributed by atoms with Crippen LogP contribution < -0.4 is 5.32 Å². The van der Waals surface area contributed by atoms with Gasteiger partial charge in [-0.1, -0.05) is 0 Å². The van der Waals surface area contributed by atoms with Crippen LogP contribution in [-0.2, 0) is 4.74 Å². The average Bonchev–Trinajstić information content (AvgIpc) is 2.72. The van der Waals surface area contributed by atoms with E-state index in [0.29, 0.717) is 12.0 Å². The molecule has 0 saturated carbocycles. The van der Waals surface area contributed by atoms with Crippen LogP contribution in [0.3, 0.4) is 0 Å².